The molecule has 0 spiro atoms. The van der Waals surface area contributed by atoms with Gasteiger partial charge in [-0.2, -0.15) is 0 Å². The van der Waals surface area contributed by atoms with E-state index in [0.717, 1.165) is 27.8 Å². The lowest BCUT2D eigenvalue weighted by molar-refractivity contribution is 1.13. The van der Waals surface area contributed by atoms with Crippen LogP contribution in [-0.4, -0.2) is 24.1 Å². The number of nitrogens with zero attached hydrogens (tertiary/aromatic N) is 3. The third kappa shape index (κ3) is 2.67. The van der Waals surface area contributed by atoms with Gasteiger partial charge in [0.25, 0.3) is 0 Å². The summed E-state index contributed by atoms with van der Waals surface area (Å²) in [6.45, 7) is 0. The molecule has 5 heteroatoms. The maximum absolute atomic E-state index is 6.09. The van der Waals surface area contributed by atoms with Gasteiger partial charge in [0.2, 0.25) is 0 Å². The molecule has 0 aliphatic carbocycles. The van der Waals surface area contributed by atoms with E-state index >= 15 is 0 Å². The first kappa shape index (κ1) is 14.1. The third-order valence-electron chi connectivity index (χ3n) is 3.25. The summed E-state index contributed by atoms with van der Waals surface area (Å²) in [5, 5.41) is 2.21. The fourth-order valence-electron chi connectivity index (χ4n) is 2.36. The number of aromatic nitrogens is 2. The van der Waals surface area contributed by atoms with Crippen molar-refractivity contribution < 1.29 is 0 Å². The number of hydrogen-bond acceptors (Lipinski definition) is 3. The molecular formula is C16H13Cl2N3. The largest absolute Gasteiger partial charge is 0.377 e. The van der Waals surface area contributed by atoms with E-state index in [9.17, 15) is 0 Å². The van der Waals surface area contributed by atoms with Crippen molar-refractivity contribution in [3.05, 3.63) is 52.8 Å². The van der Waals surface area contributed by atoms with Crippen LogP contribution in [0.4, 0.5) is 5.69 Å². The molecule has 3 rings (SSSR count). The molecule has 0 N–H and O–H groups in total. The lowest BCUT2D eigenvalue weighted by Gasteiger charge is -2.16. The Kier molecular flexibility index (Phi) is 3.70. The van der Waals surface area contributed by atoms with Crippen LogP contribution < -0.4 is 4.90 Å². The Morgan fingerprint density at radius 2 is 1.57 bits per heavy atom. The molecular weight excluding hydrogens is 305 g/mol. The zero-order chi connectivity index (χ0) is 15.0. The molecule has 0 aliphatic heterocycles. The lowest BCUT2D eigenvalue weighted by atomic mass is 10.1. The smallest absolute Gasteiger partial charge is 0.0985 e. The zero-order valence-electron chi connectivity index (χ0n) is 11.6. The van der Waals surface area contributed by atoms with Crippen molar-refractivity contribution in [2.24, 2.45) is 0 Å². The lowest BCUT2D eigenvalue weighted by Crippen LogP contribution is -2.09. The second-order valence-electron chi connectivity index (χ2n) is 4.94. The van der Waals surface area contributed by atoms with Crippen LogP contribution >= 0.6 is 23.2 Å². The van der Waals surface area contributed by atoms with Gasteiger partial charge in [-0.3, -0.25) is 9.97 Å². The van der Waals surface area contributed by atoms with Gasteiger partial charge in [-0.1, -0.05) is 23.2 Å². The van der Waals surface area contributed by atoms with Gasteiger partial charge >= 0.3 is 0 Å². The summed E-state index contributed by atoms with van der Waals surface area (Å²) in [6.07, 6.45) is 3.57. The highest BCUT2D eigenvalue weighted by Crippen LogP contribution is 2.32. The van der Waals surface area contributed by atoms with Crippen LogP contribution in [0.5, 0.6) is 0 Å². The molecule has 0 atom stereocenters. The minimum atomic E-state index is 0.583. The summed E-state index contributed by atoms with van der Waals surface area (Å²) in [6, 6.07) is 9.35. The van der Waals surface area contributed by atoms with Gasteiger partial charge in [-0.25, -0.2) is 0 Å². The minimum absolute atomic E-state index is 0.583. The predicted molar refractivity (Wildman–Crippen MR) is 89.3 cm³/mol. The van der Waals surface area contributed by atoms with Crippen LogP contribution in [0, 0.1) is 0 Å². The topological polar surface area (TPSA) is 29.0 Å². The van der Waals surface area contributed by atoms with Crippen molar-refractivity contribution in [3.8, 4) is 11.3 Å². The molecule has 3 aromatic rings. The van der Waals surface area contributed by atoms with Crippen LogP contribution in [0.2, 0.25) is 10.0 Å². The minimum Gasteiger partial charge on any atom is -0.377 e. The molecule has 0 bridgehead atoms. The van der Waals surface area contributed by atoms with E-state index in [1.54, 1.807) is 18.5 Å². The SMILES string of the molecule is CN(C)c1ccnc2c(-c3cc(Cl)cc(Cl)c3)nccc12. The molecule has 2 aromatic heterocycles. The second-order valence-corrected chi connectivity index (χ2v) is 5.81. The monoisotopic (exact) mass is 317 g/mol. The van der Waals surface area contributed by atoms with Gasteiger partial charge < -0.3 is 4.90 Å². The average molecular weight is 318 g/mol. The summed E-state index contributed by atoms with van der Waals surface area (Å²) >= 11 is 12.2. The highest BCUT2D eigenvalue weighted by atomic mass is 35.5. The first-order valence-electron chi connectivity index (χ1n) is 6.44. The predicted octanol–water partition coefficient (Wildman–Crippen LogP) is 4.67. The molecule has 0 aliphatic rings. The van der Waals surface area contributed by atoms with Crippen LogP contribution in [0.1, 0.15) is 0 Å². The van der Waals surface area contributed by atoms with Crippen LogP contribution in [0.25, 0.3) is 22.2 Å². The fraction of sp³-hybridized carbons (Fsp3) is 0.125. The molecule has 106 valence electrons. The number of benzene rings is 1. The molecule has 1 aromatic carbocycles. The Hall–Kier alpha value is -1.84. The Morgan fingerprint density at radius 3 is 2.24 bits per heavy atom. The van der Waals surface area contributed by atoms with Gasteiger partial charge in [0.1, 0.15) is 0 Å². The summed E-state index contributed by atoms with van der Waals surface area (Å²) in [7, 11) is 4.01. The van der Waals surface area contributed by atoms with E-state index in [1.807, 2.05) is 38.4 Å². The van der Waals surface area contributed by atoms with Crippen LogP contribution in [-0.2, 0) is 0 Å². The quantitative estimate of drug-likeness (QED) is 0.687. The number of hydrogen-bond donors (Lipinski definition) is 0. The maximum Gasteiger partial charge on any atom is 0.0985 e. The highest BCUT2D eigenvalue weighted by Gasteiger charge is 2.11. The van der Waals surface area contributed by atoms with E-state index in [1.165, 1.54) is 0 Å². The van der Waals surface area contributed by atoms with E-state index in [2.05, 4.69) is 14.9 Å². The van der Waals surface area contributed by atoms with Crippen molar-refractivity contribution in [1.29, 1.82) is 0 Å². The third-order valence-corrected chi connectivity index (χ3v) is 3.69. The van der Waals surface area contributed by atoms with Crippen molar-refractivity contribution in [2.75, 3.05) is 19.0 Å². The molecule has 0 saturated heterocycles. The molecule has 2 heterocycles. The molecule has 3 nitrogen and oxygen atoms in total. The molecule has 0 amide bonds. The average Bonchev–Trinajstić information content (AvgIpc) is 2.44. The number of rotatable bonds is 2. The number of halogens is 2. The molecule has 0 saturated carbocycles. The first-order valence-corrected chi connectivity index (χ1v) is 7.19. The summed E-state index contributed by atoms with van der Waals surface area (Å²) in [4.78, 5) is 11.0. The summed E-state index contributed by atoms with van der Waals surface area (Å²) in [5.41, 5.74) is 3.57. The summed E-state index contributed by atoms with van der Waals surface area (Å²) in [5.74, 6) is 0. The van der Waals surface area contributed by atoms with Crippen molar-refractivity contribution in [2.45, 2.75) is 0 Å². The molecule has 0 radical (unpaired) electrons. The van der Waals surface area contributed by atoms with Crippen LogP contribution in [0.3, 0.4) is 0 Å². The van der Waals surface area contributed by atoms with Gasteiger partial charge in [0, 0.05) is 53.2 Å². The second kappa shape index (κ2) is 5.51. The van der Waals surface area contributed by atoms with Crippen molar-refractivity contribution >= 4 is 39.8 Å². The highest BCUT2D eigenvalue weighted by molar-refractivity contribution is 6.35. The van der Waals surface area contributed by atoms with E-state index in [4.69, 9.17) is 23.2 Å². The Labute approximate surface area is 133 Å². The Bertz CT molecular complexity index is 795. The Balaban J connectivity index is 2.31. The van der Waals surface area contributed by atoms with Gasteiger partial charge in [0.05, 0.1) is 11.2 Å². The van der Waals surface area contributed by atoms with Gasteiger partial charge in [-0.15, -0.1) is 0 Å². The van der Waals surface area contributed by atoms with E-state index in [0.29, 0.717) is 10.0 Å². The molecule has 0 fully saturated rings. The van der Waals surface area contributed by atoms with Gasteiger partial charge in [-0.05, 0) is 30.3 Å². The zero-order valence-corrected chi connectivity index (χ0v) is 13.2. The Morgan fingerprint density at radius 1 is 0.905 bits per heavy atom. The number of pyridine rings is 2. The normalized spacial score (nSPS) is 10.9. The number of anilines is 1. The van der Waals surface area contributed by atoms with E-state index in [-0.39, 0.29) is 0 Å². The fourth-order valence-corrected chi connectivity index (χ4v) is 2.88. The van der Waals surface area contributed by atoms with Crippen molar-refractivity contribution in [1.82, 2.24) is 9.97 Å². The molecule has 0 unspecified atom stereocenters. The summed E-state index contributed by atoms with van der Waals surface area (Å²) < 4.78 is 0. The van der Waals surface area contributed by atoms with Gasteiger partial charge in [0.15, 0.2) is 0 Å². The van der Waals surface area contributed by atoms with E-state index < -0.39 is 0 Å². The maximum atomic E-state index is 6.09. The van der Waals surface area contributed by atoms with Crippen molar-refractivity contribution in [3.63, 3.8) is 0 Å². The standard InChI is InChI=1S/C16H13Cl2N3/c1-21(2)14-4-6-20-16-13(14)3-5-19-15(16)10-7-11(17)9-12(18)8-10/h3-9H,1-2H3. The molecule has 21 heavy (non-hydrogen) atoms. The van der Waals surface area contributed by atoms with Crippen LogP contribution in [0.15, 0.2) is 42.7 Å². The number of fused-ring (bicyclic) bond motifs is 1. The first-order chi connectivity index (χ1) is 10.1.